The molecule has 7 atom stereocenters. The van der Waals surface area contributed by atoms with Gasteiger partial charge in [-0.3, -0.25) is 15.0 Å². The molecule has 282 valence electrons. The van der Waals surface area contributed by atoms with E-state index in [0.29, 0.717) is 29.6 Å². The van der Waals surface area contributed by atoms with Gasteiger partial charge in [-0.2, -0.15) is 5.10 Å². The van der Waals surface area contributed by atoms with Crippen LogP contribution in [0.25, 0.3) is 0 Å². The van der Waals surface area contributed by atoms with Crippen LogP contribution in [0.1, 0.15) is 150 Å². The lowest BCUT2D eigenvalue weighted by Gasteiger charge is -2.36. The summed E-state index contributed by atoms with van der Waals surface area (Å²) in [5.74, 6) is 1.38. The van der Waals surface area contributed by atoms with E-state index in [1.54, 1.807) is 7.11 Å². The van der Waals surface area contributed by atoms with Crippen molar-refractivity contribution in [2.75, 3.05) is 12.0 Å². The van der Waals surface area contributed by atoms with Crippen LogP contribution in [0.2, 0.25) is 5.02 Å². The highest BCUT2D eigenvalue weighted by atomic mass is 35.5. The Kier molecular flexibility index (Phi) is 20.0. The van der Waals surface area contributed by atoms with Gasteiger partial charge in [0.05, 0.1) is 6.10 Å². The second-order valence-electron chi connectivity index (χ2n) is 14.4. The fourth-order valence-electron chi connectivity index (χ4n) is 7.48. The number of methoxy groups -OCH3 is 1. The summed E-state index contributed by atoms with van der Waals surface area (Å²) in [5, 5.41) is 14.7. The number of nitrogens with zero attached hydrogens (tertiary/aromatic N) is 2. The van der Waals surface area contributed by atoms with Crippen LogP contribution in [0.3, 0.4) is 0 Å². The van der Waals surface area contributed by atoms with Crippen LogP contribution in [0.4, 0.5) is 5.69 Å². The number of nitrogens with one attached hydrogen (secondary N) is 1. The Labute approximate surface area is 309 Å². The number of anilines is 1. The van der Waals surface area contributed by atoms with Crippen molar-refractivity contribution in [1.29, 1.82) is 0 Å². The first kappa shape index (κ1) is 43.5. The van der Waals surface area contributed by atoms with Crippen LogP contribution in [0.15, 0.2) is 47.1 Å². The average molecular weight is 714 g/mol. The number of rotatable bonds is 21. The number of halogens is 1. The predicted octanol–water partition coefficient (Wildman–Crippen LogP) is 11.3. The molecule has 1 aromatic carbocycles. The van der Waals surface area contributed by atoms with Gasteiger partial charge in [-0.15, -0.1) is 0 Å². The van der Waals surface area contributed by atoms with E-state index >= 15 is 0 Å². The van der Waals surface area contributed by atoms with Crippen molar-refractivity contribution in [3.63, 3.8) is 0 Å². The minimum absolute atomic E-state index is 0.00567. The zero-order chi connectivity index (χ0) is 37.2. The van der Waals surface area contributed by atoms with E-state index in [4.69, 9.17) is 26.5 Å². The van der Waals surface area contributed by atoms with E-state index in [1.165, 1.54) is 18.4 Å². The minimum Gasteiger partial charge on any atom is -0.481 e. The second kappa shape index (κ2) is 23.0. The third-order valence-electron chi connectivity index (χ3n) is 10.6. The number of amidine groups is 1. The fraction of sp³-hybridized carbons (Fsp3) is 0.690. The van der Waals surface area contributed by atoms with E-state index in [1.807, 2.05) is 6.07 Å². The number of carbonyl (C=O) groups is 2. The Hall–Kier alpha value is -2.64. The van der Waals surface area contributed by atoms with Crippen molar-refractivity contribution in [2.45, 2.75) is 157 Å². The summed E-state index contributed by atoms with van der Waals surface area (Å²) in [7, 11) is 1.78. The number of carboxylic acid groups (broad SMARTS) is 1. The summed E-state index contributed by atoms with van der Waals surface area (Å²) in [6.07, 6.45) is 17.8. The monoisotopic (exact) mass is 713 g/mol. The Morgan fingerprint density at radius 3 is 2.28 bits per heavy atom. The van der Waals surface area contributed by atoms with E-state index in [0.717, 1.165) is 68.5 Å². The van der Waals surface area contributed by atoms with Crippen molar-refractivity contribution in [2.24, 2.45) is 28.8 Å². The van der Waals surface area contributed by atoms with Gasteiger partial charge in [0.25, 0.3) is 0 Å². The first-order valence-corrected chi connectivity index (χ1v) is 19.9. The lowest BCUT2D eigenvalue weighted by molar-refractivity contribution is -0.137. The van der Waals surface area contributed by atoms with Gasteiger partial charge in [0.2, 0.25) is 0 Å². The molecule has 0 fully saturated rings. The number of carbonyl (C=O) groups excluding carboxylic acids is 1. The number of hydrazone groups is 1. The molecule has 1 aromatic rings. The van der Waals surface area contributed by atoms with Crippen molar-refractivity contribution < 1.29 is 19.4 Å². The van der Waals surface area contributed by atoms with Crippen LogP contribution < -0.4 is 10.3 Å². The van der Waals surface area contributed by atoms with Gasteiger partial charge < -0.3 is 14.7 Å². The van der Waals surface area contributed by atoms with Crippen molar-refractivity contribution in [1.82, 2.24) is 5.43 Å². The number of unbranched alkanes of at least 4 members (excludes halogenated alkanes) is 1. The highest BCUT2D eigenvalue weighted by Crippen LogP contribution is 2.41. The first-order chi connectivity index (χ1) is 24.0. The number of ketones is 1. The average Bonchev–Trinajstić information content (AvgIpc) is 3.49. The number of benzene rings is 1. The molecular formula is C42H68ClN3O4. The molecule has 7 nitrogen and oxygen atoms in total. The molecule has 0 amide bonds. The molecule has 3 rings (SSSR count). The first-order valence-electron chi connectivity index (χ1n) is 19.5. The van der Waals surface area contributed by atoms with Crippen molar-refractivity contribution in [3.05, 3.63) is 52.6 Å². The molecule has 1 heterocycles. The number of aliphatic carboxylic acids is 1. The summed E-state index contributed by atoms with van der Waals surface area (Å²) in [6, 6.07) is 6.16. The molecule has 2 aliphatic rings. The van der Waals surface area contributed by atoms with Gasteiger partial charge in [0.1, 0.15) is 17.8 Å². The van der Waals surface area contributed by atoms with E-state index < -0.39 is 5.97 Å². The predicted molar refractivity (Wildman–Crippen MR) is 211 cm³/mol. The Morgan fingerprint density at radius 1 is 0.980 bits per heavy atom. The van der Waals surface area contributed by atoms with Crippen molar-refractivity contribution >= 4 is 34.9 Å². The van der Waals surface area contributed by atoms with Crippen LogP contribution in [-0.2, 0) is 14.3 Å². The molecular weight excluding hydrogens is 646 g/mol. The maximum atomic E-state index is 13.6. The molecule has 1 aliphatic carbocycles. The normalized spacial score (nSPS) is 20.9. The number of ether oxygens (including phenoxy) is 1. The van der Waals surface area contributed by atoms with Crippen LogP contribution in [-0.4, -0.2) is 42.1 Å². The van der Waals surface area contributed by atoms with E-state index in [2.05, 4.69) is 96.1 Å². The molecule has 0 saturated carbocycles. The van der Waals surface area contributed by atoms with Crippen LogP contribution in [0, 0.1) is 23.7 Å². The molecule has 0 radical (unpaired) electrons. The maximum Gasteiger partial charge on any atom is 0.303 e. The number of hydrogen-bond donors (Lipinski definition) is 2. The number of hydrogen-bond acceptors (Lipinski definition) is 6. The lowest BCUT2D eigenvalue weighted by Crippen LogP contribution is -2.42. The van der Waals surface area contributed by atoms with Gasteiger partial charge in [-0.05, 0) is 93.5 Å². The summed E-state index contributed by atoms with van der Waals surface area (Å²) in [5.41, 5.74) is 6.79. The summed E-state index contributed by atoms with van der Waals surface area (Å²) < 4.78 is 5.96. The van der Waals surface area contributed by atoms with E-state index in [9.17, 15) is 9.59 Å². The molecule has 7 unspecified atom stereocenters. The maximum absolute atomic E-state index is 13.6. The fourth-order valence-corrected chi connectivity index (χ4v) is 7.66. The third-order valence-corrected chi connectivity index (χ3v) is 10.9. The Bertz CT molecular complexity index is 1280. The molecule has 8 heteroatoms. The summed E-state index contributed by atoms with van der Waals surface area (Å²) in [6.45, 7) is 17.3. The van der Waals surface area contributed by atoms with Crippen molar-refractivity contribution in [3.8, 4) is 0 Å². The Balaban J connectivity index is 0.00000205. The van der Waals surface area contributed by atoms with Gasteiger partial charge >= 0.3 is 5.97 Å². The molecule has 0 spiro atoms. The van der Waals surface area contributed by atoms with Crippen LogP contribution >= 0.6 is 11.6 Å². The molecule has 50 heavy (non-hydrogen) atoms. The molecule has 2 N–H and O–H groups in total. The SMILES string of the molecule is CCCC.CCCC(CCC(=O)O)CCC(CC)C(=O)CCC(CCC)C1=NNC(C)N1c1ccc(Cl)cc1C(C)C1C=CC=C(C)C1OC. The topological polar surface area (TPSA) is 91.2 Å². The number of carboxylic acids is 1. The largest absolute Gasteiger partial charge is 0.481 e. The third kappa shape index (κ3) is 12.8. The standard InChI is InChI=1S/C38H58ClN3O4.C4H10/c1-8-12-28(17-23-36(44)45)16-18-29(10-3)35(43)22-19-30(13-9-2)38-41-40-27(6)42(38)34-21-20-31(39)24-33(34)26(5)32-15-11-14-25(4)37(32)46-7;1-3-4-2/h11,14-15,20-21,24,26-30,32,37,40H,8-10,12-13,16-19,22-23H2,1-7H3,(H,44,45);3-4H2,1-2H3. The summed E-state index contributed by atoms with van der Waals surface area (Å²) in [4.78, 5) is 27.1. The highest BCUT2D eigenvalue weighted by molar-refractivity contribution is 6.30. The second-order valence-corrected chi connectivity index (χ2v) is 14.9. The molecule has 1 aliphatic heterocycles. The van der Waals surface area contributed by atoms with Gasteiger partial charge in [-0.25, -0.2) is 0 Å². The zero-order valence-corrected chi connectivity index (χ0v) is 33.4. The number of Topliss-reactive ketones (excluding diaryl/α,β-unsaturated/α-hetero) is 1. The van der Waals surface area contributed by atoms with Crippen LogP contribution in [0.5, 0.6) is 0 Å². The molecule has 0 bridgehead atoms. The minimum atomic E-state index is -0.740. The quantitative estimate of drug-likeness (QED) is 0.132. The Morgan fingerprint density at radius 2 is 1.68 bits per heavy atom. The summed E-state index contributed by atoms with van der Waals surface area (Å²) >= 11 is 6.62. The van der Waals surface area contributed by atoms with E-state index in [-0.39, 0.29) is 42.4 Å². The van der Waals surface area contributed by atoms with Gasteiger partial charge in [0.15, 0.2) is 0 Å². The lowest BCUT2D eigenvalue weighted by atomic mass is 9.78. The molecule has 0 aromatic heterocycles. The molecule has 0 saturated heterocycles. The van der Waals surface area contributed by atoms with Gasteiger partial charge in [-0.1, -0.05) is 103 Å². The number of allylic oxidation sites excluding steroid dienone is 2. The smallest absolute Gasteiger partial charge is 0.303 e. The van der Waals surface area contributed by atoms with Gasteiger partial charge in [0, 0.05) is 48.4 Å². The zero-order valence-electron chi connectivity index (χ0n) is 32.6. The highest BCUT2D eigenvalue weighted by Gasteiger charge is 2.36.